The maximum Gasteiger partial charge on any atom is 0.131 e. The van der Waals surface area contributed by atoms with Gasteiger partial charge >= 0.3 is 0 Å². The highest BCUT2D eigenvalue weighted by atomic mass is 19.1. The summed E-state index contributed by atoms with van der Waals surface area (Å²) >= 11 is 0. The second-order valence-electron chi connectivity index (χ2n) is 5.75. The van der Waals surface area contributed by atoms with E-state index < -0.39 is 0 Å². The quantitative estimate of drug-likeness (QED) is 0.478. The van der Waals surface area contributed by atoms with E-state index in [4.69, 9.17) is 5.26 Å². The molecule has 3 aromatic rings. The number of hydrogen-bond acceptors (Lipinski definition) is 3. The molecular formula is C20H12FN3O. The predicted octanol–water partition coefficient (Wildman–Crippen LogP) is 5.36. The van der Waals surface area contributed by atoms with Crippen LogP contribution in [-0.2, 0) is 6.42 Å². The molecule has 0 aliphatic carbocycles. The van der Waals surface area contributed by atoms with E-state index >= 15 is 0 Å². The molecule has 0 amide bonds. The van der Waals surface area contributed by atoms with Crippen LogP contribution < -0.4 is 5.01 Å². The Kier molecular flexibility index (Phi) is 3.51. The number of rotatable bonds is 4. The van der Waals surface area contributed by atoms with Crippen LogP contribution >= 0.6 is 0 Å². The maximum atomic E-state index is 14.4. The van der Waals surface area contributed by atoms with Gasteiger partial charge in [-0.05, 0) is 40.5 Å². The van der Waals surface area contributed by atoms with E-state index in [9.17, 15) is 9.30 Å². The first kappa shape index (κ1) is 15.0. The average molecular weight is 329 g/mol. The van der Waals surface area contributed by atoms with Gasteiger partial charge in [0.25, 0.3) is 0 Å². The summed E-state index contributed by atoms with van der Waals surface area (Å²) in [5.74, 6) is -0.319. The number of benzene rings is 3. The van der Waals surface area contributed by atoms with E-state index in [1.165, 1.54) is 11.1 Å². The number of nitroso groups, excluding NO2 is 1. The maximum absolute atomic E-state index is 14.4. The molecule has 5 heteroatoms. The highest BCUT2D eigenvalue weighted by molar-refractivity contribution is 5.97. The summed E-state index contributed by atoms with van der Waals surface area (Å²) in [7, 11) is 0. The lowest BCUT2D eigenvalue weighted by molar-refractivity contribution is 0.631. The number of hydrogen-bond donors (Lipinski definition) is 0. The molecule has 0 spiro atoms. The molecule has 0 radical (unpaired) electrons. The van der Waals surface area contributed by atoms with Crippen LogP contribution in [0, 0.1) is 22.1 Å². The van der Waals surface area contributed by atoms with Crippen LogP contribution in [-0.4, -0.2) is 0 Å². The van der Waals surface area contributed by atoms with E-state index in [1.807, 2.05) is 30.3 Å². The van der Waals surface area contributed by atoms with Crippen LogP contribution in [0.1, 0.15) is 5.56 Å². The first-order chi connectivity index (χ1) is 12.2. The largest absolute Gasteiger partial charge is 0.206 e. The van der Waals surface area contributed by atoms with Crippen LogP contribution in [0.25, 0.3) is 22.3 Å². The third-order valence-corrected chi connectivity index (χ3v) is 4.34. The Bertz CT molecular complexity index is 1040. The van der Waals surface area contributed by atoms with Crippen molar-refractivity contribution in [3.8, 4) is 28.3 Å². The summed E-state index contributed by atoms with van der Waals surface area (Å²) in [6, 6.07) is 19.8. The number of halogens is 1. The third-order valence-electron chi connectivity index (χ3n) is 4.34. The molecule has 1 aliphatic heterocycles. The van der Waals surface area contributed by atoms with Crippen molar-refractivity contribution in [2.24, 2.45) is 5.29 Å². The highest BCUT2D eigenvalue weighted by Crippen LogP contribution is 2.50. The zero-order valence-corrected chi connectivity index (χ0v) is 13.1. The van der Waals surface area contributed by atoms with Gasteiger partial charge in [0, 0.05) is 5.56 Å². The molecule has 3 aromatic carbocycles. The van der Waals surface area contributed by atoms with Crippen LogP contribution in [0.3, 0.4) is 0 Å². The first-order valence-electron chi connectivity index (χ1n) is 7.76. The van der Waals surface area contributed by atoms with Crippen molar-refractivity contribution in [1.82, 2.24) is 0 Å². The van der Waals surface area contributed by atoms with Crippen molar-refractivity contribution in [3.05, 3.63) is 77.0 Å². The molecule has 4 rings (SSSR count). The molecule has 0 saturated heterocycles. The second-order valence-corrected chi connectivity index (χ2v) is 5.75. The minimum atomic E-state index is -0.319. The minimum absolute atomic E-state index is 0.213. The lowest BCUT2D eigenvalue weighted by Gasteiger charge is -2.14. The number of fused-ring (bicyclic) bond motifs is 1. The lowest BCUT2D eigenvalue weighted by atomic mass is 9.89. The molecule has 120 valence electrons. The Morgan fingerprint density at radius 1 is 1.00 bits per heavy atom. The highest BCUT2D eigenvalue weighted by Gasteiger charge is 2.31. The standard InChI is InChI=1S/C20H12FN3O/c21-17-7-2-1-5-15(17)16-6-3-4-13(10-11-22)20(16)14-8-9-18-19(12-14)24(18)23-25/h1-9,12H,10H2. The van der Waals surface area contributed by atoms with Gasteiger partial charge in [-0.3, -0.25) is 0 Å². The molecule has 1 heterocycles. The summed E-state index contributed by atoms with van der Waals surface area (Å²) in [4.78, 5) is 10.8. The monoisotopic (exact) mass is 329 g/mol. The molecule has 0 atom stereocenters. The molecule has 0 fully saturated rings. The summed E-state index contributed by atoms with van der Waals surface area (Å²) in [5.41, 5.74) is 5.14. The normalized spacial score (nSPS) is 11.6. The summed E-state index contributed by atoms with van der Waals surface area (Å²) in [6.45, 7) is 0. The van der Waals surface area contributed by atoms with E-state index in [2.05, 4.69) is 11.4 Å². The molecule has 1 aliphatic rings. The Labute approximate surface area is 143 Å². The molecule has 0 bridgehead atoms. The Morgan fingerprint density at radius 2 is 1.80 bits per heavy atom. The average Bonchev–Trinajstić information content (AvgIpc) is 3.34. The van der Waals surface area contributed by atoms with Gasteiger partial charge in [-0.2, -0.15) is 10.3 Å². The van der Waals surface area contributed by atoms with Crippen molar-refractivity contribution in [3.63, 3.8) is 0 Å². The molecule has 0 saturated carbocycles. The van der Waals surface area contributed by atoms with Crippen molar-refractivity contribution < 1.29 is 4.39 Å². The molecular weight excluding hydrogens is 317 g/mol. The van der Waals surface area contributed by atoms with Crippen LogP contribution in [0.5, 0.6) is 0 Å². The summed E-state index contributed by atoms with van der Waals surface area (Å²) in [5, 5.41) is 13.4. The zero-order chi connectivity index (χ0) is 17.4. The third kappa shape index (κ3) is 2.45. The number of nitrogens with zero attached hydrogens (tertiary/aromatic N) is 3. The van der Waals surface area contributed by atoms with Gasteiger partial charge in [-0.1, -0.05) is 42.5 Å². The zero-order valence-electron chi connectivity index (χ0n) is 13.1. The van der Waals surface area contributed by atoms with Crippen LogP contribution in [0.15, 0.2) is 65.9 Å². The van der Waals surface area contributed by atoms with Crippen molar-refractivity contribution in [2.45, 2.75) is 6.42 Å². The van der Waals surface area contributed by atoms with Crippen LogP contribution in [0.4, 0.5) is 15.8 Å². The van der Waals surface area contributed by atoms with Gasteiger partial charge in [0.2, 0.25) is 0 Å². The number of anilines is 2. The van der Waals surface area contributed by atoms with E-state index in [1.54, 1.807) is 24.3 Å². The lowest BCUT2D eigenvalue weighted by Crippen LogP contribution is -1.94. The van der Waals surface area contributed by atoms with Gasteiger partial charge < -0.3 is 0 Å². The molecule has 25 heavy (non-hydrogen) atoms. The fourth-order valence-corrected chi connectivity index (χ4v) is 3.16. The van der Waals surface area contributed by atoms with Crippen molar-refractivity contribution in [2.75, 3.05) is 5.01 Å². The van der Waals surface area contributed by atoms with Gasteiger partial charge in [-0.25, -0.2) is 4.39 Å². The first-order valence-corrected chi connectivity index (χ1v) is 7.76. The topological polar surface area (TPSA) is 56.2 Å². The molecule has 0 aromatic heterocycles. The van der Waals surface area contributed by atoms with E-state index in [-0.39, 0.29) is 12.2 Å². The van der Waals surface area contributed by atoms with Crippen LogP contribution in [0.2, 0.25) is 0 Å². The molecule has 4 nitrogen and oxygen atoms in total. The predicted molar refractivity (Wildman–Crippen MR) is 94.5 cm³/mol. The van der Waals surface area contributed by atoms with Gasteiger partial charge in [0.1, 0.15) is 5.82 Å². The minimum Gasteiger partial charge on any atom is -0.206 e. The van der Waals surface area contributed by atoms with Gasteiger partial charge in [0.15, 0.2) is 0 Å². The van der Waals surface area contributed by atoms with Gasteiger partial charge in [-0.15, -0.1) is 4.91 Å². The molecule has 0 unspecified atom stereocenters. The second kappa shape index (κ2) is 5.84. The van der Waals surface area contributed by atoms with Gasteiger partial charge in [0.05, 0.1) is 29.2 Å². The fourth-order valence-electron chi connectivity index (χ4n) is 3.16. The summed E-state index contributed by atoms with van der Waals surface area (Å²) in [6.07, 6.45) is 0.213. The van der Waals surface area contributed by atoms with Crippen molar-refractivity contribution in [1.29, 1.82) is 5.26 Å². The SMILES string of the molecule is N#CCc1cccc(-c2ccccc2F)c1-c1ccc2c(c1)N2N=O. The summed E-state index contributed by atoms with van der Waals surface area (Å²) < 4.78 is 14.4. The smallest absolute Gasteiger partial charge is 0.131 e. The van der Waals surface area contributed by atoms with Crippen molar-refractivity contribution >= 4 is 11.4 Å². The fraction of sp³-hybridized carbons (Fsp3) is 0.0500. The Balaban J connectivity index is 1.95. The number of nitriles is 1. The van der Waals surface area contributed by atoms with E-state index in [0.717, 1.165) is 33.6 Å². The Hall–Kier alpha value is -3.52. The van der Waals surface area contributed by atoms with E-state index in [0.29, 0.717) is 5.56 Å². The Morgan fingerprint density at radius 3 is 2.56 bits per heavy atom. The molecule has 0 N–H and O–H groups in total.